The average molecular weight is 380 g/mol. The summed E-state index contributed by atoms with van der Waals surface area (Å²) in [6, 6.07) is 20.5. The molecule has 4 heteroatoms. The highest BCUT2D eigenvalue weighted by Gasteiger charge is 2.45. The molecular formula is C24H29NO3. The third kappa shape index (κ3) is 3.59. The van der Waals surface area contributed by atoms with Crippen LogP contribution in [0, 0.1) is 0 Å². The van der Waals surface area contributed by atoms with Crippen LogP contribution in [0.1, 0.15) is 36.8 Å². The molecule has 2 aliphatic heterocycles. The summed E-state index contributed by atoms with van der Waals surface area (Å²) in [5.41, 5.74) is 0.744. The monoisotopic (exact) mass is 379 g/mol. The number of rotatable bonds is 6. The molecule has 2 aromatic rings. The van der Waals surface area contributed by atoms with E-state index in [-0.39, 0.29) is 18.7 Å². The second-order valence-electron chi connectivity index (χ2n) is 8.32. The van der Waals surface area contributed by atoms with E-state index in [0.29, 0.717) is 18.5 Å². The smallest absolute Gasteiger partial charge is 0.319 e. The van der Waals surface area contributed by atoms with Crippen molar-refractivity contribution in [3.05, 3.63) is 71.8 Å². The number of carbonyl (C=O) groups is 1. The molecule has 0 radical (unpaired) electrons. The van der Waals surface area contributed by atoms with Crippen LogP contribution in [0.15, 0.2) is 60.7 Å². The zero-order valence-electron chi connectivity index (χ0n) is 16.5. The molecule has 4 nitrogen and oxygen atoms in total. The van der Waals surface area contributed by atoms with E-state index in [0.717, 1.165) is 24.0 Å². The molecule has 2 aliphatic rings. The van der Waals surface area contributed by atoms with E-state index in [2.05, 4.69) is 11.9 Å². The minimum Gasteiger partial charge on any atom is -0.462 e. The van der Waals surface area contributed by atoms with Gasteiger partial charge in [0, 0.05) is 12.1 Å². The number of aliphatic hydroxyl groups excluding tert-OH is 1. The summed E-state index contributed by atoms with van der Waals surface area (Å²) in [6.45, 7) is -0.274. The van der Waals surface area contributed by atoms with E-state index in [1.165, 1.54) is 12.8 Å². The summed E-state index contributed by atoms with van der Waals surface area (Å²) in [5.74, 6) is -0.306. The maximum Gasteiger partial charge on any atom is 0.319 e. The van der Waals surface area contributed by atoms with Gasteiger partial charge in [0.1, 0.15) is 11.5 Å². The van der Waals surface area contributed by atoms with E-state index < -0.39 is 5.41 Å². The molecule has 2 heterocycles. The molecule has 0 amide bonds. The van der Waals surface area contributed by atoms with E-state index in [4.69, 9.17) is 4.74 Å². The van der Waals surface area contributed by atoms with E-state index in [1.807, 2.05) is 60.7 Å². The number of hydrogen-bond donors (Lipinski definition) is 1. The number of fused-ring (bicyclic) bond motifs is 2. The van der Waals surface area contributed by atoms with Crippen molar-refractivity contribution in [3.8, 4) is 0 Å². The fourth-order valence-electron chi connectivity index (χ4n) is 4.93. The van der Waals surface area contributed by atoms with Crippen molar-refractivity contribution in [1.82, 2.24) is 4.90 Å². The molecule has 0 spiro atoms. The number of benzene rings is 2. The van der Waals surface area contributed by atoms with Crippen LogP contribution < -0.4 is 0 Å². The lowest BCUT2D eigenvalue weighted by molar-refractivity contribution is -0.161. The van der Waals surface area contributed by atoms with Crippen LogP contribution in [0.2, 0.25) is 0 Å². The zero-order valence-corrected chi connectivity index (χ0v) is 16.5. The lowest BCUT2D eigenvalue weighted by atomic mass is 9.76. The van der Waals surface area contributed by atoms with Gasteiger partial charge in [0.2, 0.25) is 0 Å². The topological polar surface area (TPSA) is 49.8 Å². The number of piperidine rings is 1. The van der Waals surface area contributed by atoms with Crippen molar-refractivity contribution in [2.45, 2.75) is 55.7 Å². The van der Waals surface area contributed by atoms with Crippen LogP contribution in [0.5, 0.6) is 0 Å². The van der Waals surface area contributed by atoms with Crippen LogP contribution in [0.3, 0.4) is 0 Å². The lowest BCUT2D eigenvalue weighted by Gasteiger charge is -2.38. The summed E-state index contributed by atoms with van der Waals surface area (Å²) < 4.78 is 6.08. The molecular weight excluding hydrogens is 350 g/mol. The molecule has 0 aliphatic carbocycles. The predicted octanol–water partition coefficient (Wildman–Crippen LogP) is 3.33. The summed E-state index contributed by atoms with van der Waals surface area (Å²) in [4.78, 5) is 15.9. The van der Waals surface area contributed by atoms with Gasteiger partial charge in [-0.1, -0.05) is 60.7 Å². The SMILES string of the molecule is CN1[C@@H]2CC[C@H]1C[C@H](OC(=O)C(CO)(Cc1ccccc1)c1ccccc1)C2. The molecule has 4 rings (SSSR count). The van der Waals surface area contributed by atoms with E-state index in [1.54, 1.807) is 0 Å². The molecule has 2 fully saturated rings. The zero-order chi connectivity index (χ0) is 19.6. The number of carbonyl (C=O) groups excluding carboxylic acids is 1. The van der Waals surface area contributed by atoms with Gasteiger partial charge in [0.15, 0.2) is 0 Å². The number of nitrogens with zero attached hydrogens (tertiary/aromatic N) is 1. The molecule has 0 aromatic heterocycles. The molecule has 2 bridgehead atoms. The second-order valence-corrected chi connectivity index (χ2v) is 8.32. The maximum atomic E-state index is 13.5. The molecule has 2 aromatic carbocycles. The Bertz CT molecular complexity index is 780. The van der Waals surface area contributed by atoms with Gasteiger partial charge in [-0.3, -0.25) is 4.79 Å². The minimum atomic E-state index is -1.08. The van der Waals surface area contributed by atoms with Crippen LogP contribution >= 0.6 is 0 Å². The van der Waals surface area contributed by atoms with Crippen LogP contribution in [-0.2, 0) is 21.4 Å². The van der Waals surface area contributed by atoms with Crippen molar-refractivity contribution in [3.63, 3.8) is 0 Å². The van der Waals surface area contributed by atoms with Gasteiger partial charge in [0.05, 0.1) is 6.61 Å². The summed E-state index contributed by atoms with van der Waals surface area (Å²) >= 11 is 0. The second kappa shape index (κ2) is 8.06. The Hall–Kier alpha value is -2.17. The molecule has 28 heavy (non-hydrogen) atoms. The molecule has 1 N–H and O–H groups in total. The molecule has 148 valence electrons. The first-order valence-electron chi connectivity index (χ1n) is 10.3. The van der Waals surface area contributed by atoms with Gasteiger partial charge in [-0.2, -0.15) is 0 Å². The van der Waals surface area contributed by atoms with Crippen LogP contribution in [-0.4, -0.2) is 47.8 Å². The average Bonchev–Trinajstić information content (AvgIpc) is 2.93. The van der Waals surface area contributed by atoms with Crippen molar-refractivity contribution in [2.75, 3.05) is 13.7 Å². The molecule has 0 saturated carbocycles. The minimum absolute atomic E-state index is 0.0633. The number of aliphatic hydroxyl groups is 1. The van der Waals surface area contributed by atoms with Gasteiger partial charge in [0.25, 0.3) is 0 Å². The molecule has 2 saturated heterocycles. The van der Waals surface area contributed by atoms with Gasteiger partial charge < -0.3 is 14.7 Å². The van der Waals surface area contributed by atoms with Gasteiger partial charge in [-0.15, -0.1) is 0 Å². The predicted molar refractivity (Wildman–Crippen MR) is 109 cm³/mol. The quantitative estimate of drug-likeness (QED) is 0.782. The van der Waals surface area contributed by atoms with Crippen molar-refractivity contribution >= 4 is 5.97 Å². The maximum absolute atomic E-state index is 13.5. The van der Waals surface area contributed by atoms with Crippen molar-refractivity contribution in [1.29, 1.82) is 0 Å². The fourth-order valence-corrected chi connectivity index (χ4v) is 4.93. The van der Waals surface area contributed by atoms with Crippen molar-refractivity contribution < 1.29 is 14.6 Å². The summed E-state index contributed by atoms with van der Waals surface area (Å²) in [5, 5.41) is 10.4. The Morgan fingerprint density at radius 3 is 2.18 bits per heavy atom. The van der Waals surface area contributed by atoms with Crippen LogP contribution in [0.25, 0.3) is 0 Å². The Morgan fingerprint density at radius 1 is 1.04 bits per heavy atom. The van der Waals surface area contributed by atoms with E-state index >= 15 is 0 Å². The normalized spacial score (nSPS) is 26.6. The Kier molecular flexibility index (Phi) is 5.51. The third-order valence-electron chi connectivity index (χ3n) is 6.66. The van der Waals surface area contributed by atoms with E-state index in [9.17, 15) is 9.90 Å². The fraction of sp³-hybridized carbons (Fsp3) is 0.458. The first-order valence-corrected chi connectivity index (χ1v) is 10.3. The molecule has 4 atom stereocenters. The number of hydrogen-bond acceptors (Lipinski definition) is 4. The van der Waals surface area contributed by atoms with Crippen molar-refractivity contribution in [2.24, 2.45) is 0 Å². The number of esters is 1. The Balaban J connectivity index is 1.60. The summed E-state index contributed by atoms with van der Waals surface area (Å²) in [6.07, 6.45) is 4.51. The van der Waals surface area contributed by atoms with Crippen LogP contribution in [0.4, 0.5) is 0 Å². The Morgan fingerprint density at radius 2 is 1.61 bits per heavy atom. The largest absolute Gasteiger partial charge is 0.462 e. The highest BCUT2D eigenvalue weighted by molar-refractivity contribution is 5.84. The summed E-state index contributed by atoms with van der Waals surface area (Å²) in [7, 11) is 2.18. The Labute approximate surface area is 167 Å². The highest BCUT2D eigenvalue weighted by Crippen LogP contribution is 2.37. The number of ether oxygens (including phenoxy) is 1. The highest BCUT2D eigenvalue weighted by atomic mass is 16.5. The molecule has 1 unspecified atom stereocenters. The van der Waals surface area contributed by atoms with Gasteiger partial charge in [-0.25, -0.2) is 0 Å². The first kappa shape index (κ1) is 19.2. The first-order chi connectivity index (χ1) is 13.6. The van der Waals surface area contributed by atoms with Gasteiger partial charge in [-0.05, 0) is 50.3 Å². The third-order valence-corrected chi connectivity index (χ3v) is 6.66. The standard InChI is InChI=1S/C24H29NO3/c1-25-20-12-13-21(25)15-22(14-20)28-23(27)24(17-26,19-10-6-3-7-11-19)16-18-8-4-2-5-9-18/h2-11,20-22,26H,12-17H2,1H3/t20-,21+,22-,24?. The lowest BCUT2D eigenvalue weighted by Crippen LogP contribution is -2.48. The van der Waals surface area contributed by atoms with Gasteiger partial charge >= 0.3 is 5.97 Å².